The number of oxazole rings is 1. The number of rotatable bonds is 3. The third-order valence-corrected chi connectivity index (χ3v) is 10.2. The summed E-state index contributed by atoms with van der Waals surface area (Å²) in [6.45, 7) is 2.13. The van der Waals surface area contributed by atoms with Gasteiger partial charge in [-0.05, 0) is 104 Å². The molecule has 8 aromatic rings. The van der Waals surface area contributed by atoms with E-state index >= 15 is 0 Å². The summed E-state index contributed by atoms with van der Waals surface area (Å²) in [6.07, 6.45) is 0. The topological polar surface area (TPSA) is 26.0 Å². The van der Waals surface area contributed by atoms with Gasteiger partial charge in [0, 0.05) is 11.1 Å². The molecule has 1 spiro atoms. The van der Waals surface area contributed by atoms with Crippen LogP contribution in [0.15, 0.2) is 162 Å². The van der Waals surface area contributed by atoms with E-state index in [2.05, 4.69) is 159 Å². The van der Waals surface area contributed by atoms with E-state index in [1.54, 1.807) is 0 Å². The van der Waals surface area contributed by atoms with Crippen molar-refractivity contribution >= 4 is 11.1 Å². The summed E-state index contributed by atoms with van der Waals surface area (Å²) >= 11 is 0. The van der Waals surface area contributed by atoms with Crippen molar-refractivity contribution in [3.8, 4) is 56.0 Å². The maximum absolute atomic E-state index is 6.46. The van der Waals surface area contributed by atoms with Gasteiger partial charge in [-0.2, -0.15) is 0 Å². The second-order valence-electron chi connectivity index (χ2n) is 12.8. The molecule has 47 heavy (non-hydrogen) atoms. The number of hydrogen-bond donors (Lipinski definition) is 0. The van der Waals surface area contributed by atoms with Gasteiger partial charge in [-0.25, -0.2) is 4.98 Å². The predicted molar refractivity (Wildman–Crippen MR) is 191 cm³/mol. The van der Waals surface area contributed by atoms with Crippen molar-refractivity contribution in [1.29, 1.82) is 0 Å². The van der Waals surface area contributed by atoms with Crippen LogP contribution < -0.4 is 0 Å². The highest BCUT2D eigenvalue weighted by Crippen LogP contribution is 2.63. The lowest BCUT2D eigenvalue weighted by Gasteiger charge is -2.30. The van der Waals surface area contributed by atoms with E-state index in [1.807, 2.05) is 6.07 Å². The summed E-state index contributed by atoms with van der Waals surface area (Å²) in [4.78, 5) is 5.13. The van der Waals surface area contributed by atoms with Crippen LogP contribution in [-0.4, -0.2) is 4.98 Å². The van der Waals surface area contributed by atoms with Gasteiger partial charge < -0.3 is 4.42 Å². The van der Waals surface area contributed by atoms with E-state index in [4.69, 9.17) is 9.40 Å². The van der Waals surface area contributed by atoms with E-state index in [-0.39, 0.29) is 5.41 Å². The second-order valence-corrected chi connectivity index (χ2v) is 12.8. The number of hydrogen-bond acceptors (Lipinski definition) is 2. The van der Waals surface area contributed by atoms with Crippen LogP contribution in [0.2, 0.25) is 0 Å². The van der Waals surface area contributed by atoms with E-state index in [1.165, 1.54) is 55.6 Å². The summed E-state index contributed by atoms with van der Waals surface area (Å²) in [5, 5.41) is 0. The summed E-state index contributed by atoms with van der Waals surface area (Å²) in [5.74, 6) is 0.634. The molecule has 0 unspecified atom stereocenters. The summed E-state index contributed by atoms with van der Waals surface area (Å²) < 4.78 is 6.46. The first-order valence-corrected chi connectivity index (χ1v) is 16.2. The molecular weight excluding hydrogens is 571 g/mol. The molecule has 2 nitrogen and oxygen atoms in total. The van der Waals surface area contributed by atoms with Crippen molar-refractivity contribution in [1.82, 2.24) is 4.98 Å². The number of fused-ring (bicyclic) bond motifs is 11. The maximum Gasteiger partial charge on any atom is 0.227 e. The van der Waals surface area contributed by atoms with Gasteiger partial charge in [-0.1, -0.05) is 127 Å². The van der Waals surface area contributed by atoms with E-state index in [0.29, 0.717) is 5.89 Å². The minimum absolute atomic E-state index is 0.381. The SMILES string of the molecule is Cc1cc(-c2ccc3c(c2)C2(c4ccccc4-c4ccccc42)c2ccccc2-3)c2nc(-c3ccc(-c4ccccc4)cc3)oc2c1. The Labute approximate surface area is 273 Å². The first-order valence-electron chi connectivity index (χ1n) is 16.2. The number of aryl methyl sites for hydroxylation is 1. The van der Waals surface area contributed by atoms with Crippen LogP contribution in [0.4, 0.5) is 0 Å². The standard InChI is InChI=1S/C45H29NO/c1-28-25-37(43-42(26-28)47-44(46-43)31-21-19-30(20-22-31)29-11-3-2-4-12-29)32-23-24-36-35-15-7-10-18-40(35)45(41(36)27-32)38-16-8-5-13-33(38)34-14-6-9-17-39(34)45/h2-27H,1H3. The Hall–Kier alpha value is -5.99. The van der Waals surface area contributed by atoms with E-state index in [0.717, 1.165) is 33.4 Å². The first kappa shape index (κ1) is 26.2. The lowest BCUT2D eigenvalue weighted by molar-refractivity contribution is 0.619. The smallest absolute Gasteiger partial charge is 0.227 e. The number of aromatic nitrogens is 1. The molecule has 2 heteroatoms. The Kier molecular flexibility index (Phi) is 5.45. The van der Waals surface area contributed by atoms with Crippen LogP contribution in [0, 0.1) is 6.92 Å². The Morgan fingerprint density at radius 3 is 1.57 bits per heavy atom. The number of benzene rings is 7. The van der Waals surface area contributed by atoms with Crippen molar-refractivity contribution in [2.75, 3.05) is 0 Å². The van der Waals surface area contributed by atoms with Crippen LogP contribution >= 0.6 is 0 Å². The van der Waals surface area contributed by atoms with Crippen molar-refractivity contribution < 1.29 is 4.42 Å². The zero-order valence-electron chi connectivity index (χ0n) is 25.9. The first-order chi connectivity index (χ1) is 23.2. The Morgan fingerprint density at radius 1 is 0.426 bits per heavy atom. The molecule has 0 amide bonds. The number of nitrogens with zero attached hydrogens (tertiary/aromatic N) is 1. The fraction of sp³-hybridized carbons (Fsp3) is 0.0444. The van der Waals surface area contributed by atoms with Crippen LogP contribution in [0.5, 0.6) is 0 Å². The molecule has 2 aliphatic carbocycles. The molecular formula is C45H29NO. The van der Waals surface area contributed by atoms with Gasteiger partial charge in [0.1, 0.15) is 5.52 Å². The van der Waals surface area contributed by atoms with Crippen molar-refractivity contribution in [2.45, 2.75) is 12.3 Å². The molecule has 0 radical (unpaired) electrons. The zero-order valence-corrected chi connectivity index (χ0v) is 25.9. The second kappa shape index (κ2) is 9.75. The molecule has 1 aromatic heterocycles. The normalized spacial score (nSPS) is 13.4. The quantitative estimate of drug-likeness (QED) is 0.202. The van der Waals surface area contributed by atoms with Gasteiger partial charge in [0.25, 0.3) is 0 Å². The van der Waals surface area contributed by atoms with Gasteiger partial charge in [0.05, 0.1) is 5.41 Å². The molecule has 0 atom stereocenters. The maximum atomic E-state index is 6.46. The van der Waals surface area contributed by atoms with Gasteiger partial charge in [-0.15, -0.1) is 0 Å². The molecule has 0 saturated heterocycles. The fourth-order valence-corrected chi connectivity index (χ4v) is 8.21. The van der Waals surface area contributed by atoms with E-state index < -0.39 is 0 Å². The summed E-state index contributed by atoms with van der Waals surface area (Å²) in [7, 11) is 0. The average molecular weight is 600 g/mol. The molecule has 220 valence electrons. The van der Waals surface area contributed by atoms with Crippen molar-refractivity contribution in [2.24, 2.45) is 0 Å². The molecule has 7 aromatic carbocycles. The fourth-order valence-electron chi connectivity index (χ4n) is 8.21. The summed E-state index contributed by atoms with van der Waals surface area (Å²) in [5.41, 5.74) is 18.6. The van der Waals surface area contributed by atoms with Gasteiger partial charge in [0.2, 0.25) is 5.89 Å². The molecule has 0 bridgehead atoms. The highest BCUT2D eigenvalue weighted by Gasteiger charge is 2.51. The van der Waals surface area contributed by atoms with Crippen LogP contribution in [-0.2, 0) is 5.41 Å². The molecule has 0 fully saturated rings. The molecule has 0 aliphatic heterocycles. The Balaban J connectivity index is 1.16. The summed E-state index contributed by atoms with van der Waals surface area (Å²) in [6, 6.07) is 57.1. The minimum atomic E-state index is -0.381. The third-order valence-electron chi connectivity index (χ3n) is 10.2. The lowest BCUT2D eigenvalue weighted by Crippen LogP contribution is -2.25. The zero-order chi connectivity index (χ0) is 31.1. The van der Waals surface area contributed by atoms with E-state index in [9.17, 15) is 0 Å². The molecule has 1 heterocycles. The minimum Gasteiger partial charge on any atom is -0.436 e. The molecule has 10 rings (SSSR count). The van der Waals surface area contributed by atoms with Crippen LogP contribution in [0.1, 0.15) is 27.8 Å². The van der Waals surface area contributed by atoms with Gasteiger partial charge in [-0.3, -0.25) is 0 Å². The Morgan fingerprint density at radius 2 is 0.936 bits per heavy atom. The third kappa shape index (κ3) is 3.64. The average Bonchev–Trinajstić information content (AvgIpc) is 3.78. The van der Waals surface area contributed by atoms with Crippen LogP contribution in [0.3, 0.4) is 0 Å². The monoisotopic (exact) mass is 599 g/mol. The van der Waals surface area contributed by atoms with Crippen molar-refractivity contribution in [3.63, 3.8) is 0 Å². The highest BCUT2D eigenvalue weighted by molar-refractivity contribution is 5.98. The highest BCUT2D eigenvalue weighted by atomic mass is 16.3. The molecule has 0 N–H and O–H groups in total. The lowest BCUT2D eigenvalue weighted by atomic mass is 9.70. The largest absolute Gasteiger partial charge is 0.436 e. The predicted octanol–water partition coefficient (Wildman–Crippen LogP) is 11.5. The van der Waals surface area contributed by atoms with Crippen molar-refractivity contribution in [3.05, 3.63) is 186 Å². The molecule has 0 saturated carbocycles. The van der Waals surface area contributed by atoms with Crippen LogP contribution in [0.25, 0.3) is 67.1 Å². The van der Waals surface area contributed by atoms with Gasteiger partial charge in [0.15, 0.2) is 5.58 Å². The Bertz CT molecular complexity index is 2460. The molecule has 2 aliphatic rings. The van der Waals surface area contributed by atoms with Gasteiger partial charge >= 0.3 is 0 Å².